The van der Waals surface area contributed by atoms with Crippen LogP contribution < -0.4 is 15.2 Å². The van der Waals surface area contributed by atoms with Crippen molar-refractivity contribution in [1.82, 2.24) is 25.4 Å². The molecular weight excluding hydrogens is 430 g/mol. The van der Waals surface area contributed by atoms with Gasteiger partial charge in [0.05, 0.1) is 12.2 Å². The molecule has 34 heavy (non-hydrogen) atoms. The summed E-state index contributed by atoms with van der Waals surface area (Å²) in [7, 11) is 0. The minimum atomic E-state index is -0.204. The highest BCUT2D eigenvalue weighted by Gasteiger charge is 2.37. The number of rotatable bonds is 10. The minimum absolute atomic E-state index is 0.113. The van der Waals surface area contributed by atoms with E-state index in [4.69, 9.17) is 4.74 Å². The molecule has 2 aromatic rings. The van der Waals surface area contributed by atoms with Crippen LogP contribution in [0.3, 0.4) is 0 Å². The number of aromatic nitrogens is 1. The van der Waals surface area contributed by atoms with Crippen LogP contribution in [0.25, 0.3) is 0 Å². The molecule has 9 heteroatoms. The Kier molecular flexibility index (Phi) is 8.31. The summed E-state index contributed by atoms with van der Waals surface area (Å²) in [6, 6.07) is 15.3. The van der Waals surface area contributed by atoms with Crippen molar-refractivity contribution in [3.05, 3.63) is 54.2 Å². The average molecular weight is 464 g/mol. The Morgan fingerprint density at radius 1 is 1.12 bits per heavy atom. The third-order valence-corrected chi connectivity index (χ3v) is 6.36. The number of amides is 1. The van der Waals surface area contributed by atoms with E-state index in [0.29, 0.717) is 25.1 Å². The first kappa shape index (κ1) is 24.0. The smallest absolute Gasteiger partial charge is 0.256 e. The van der Waals surface area contributed by atoms with Crippen LogP contribution in [-0.2, 0) is 4.79 Å². The van der Waals surface area contributed by atoms with Gasteiger partial charge in [-0.1, -0.05) is 25.1 Å². The number of benzene rings is 1. The summed E-state index contributed by atoms with van der Waals surface area (Å²) >= 11 is 0. The average Bonchev–Trinajstić information content (AvgIpc) is 3.19. The van der Waals surface area contributed by atoms with Crippen molar-refractivity contribution < 1.29 is 9.53 Å². The number of likely N-dealkylation sites (N-methyl/N-ethyl adjacent to an activating group) is 1. The van der Waals surface area contributed by atoms with Crippen molar-refractivity contribution in [3.63, 3.8) is 0 Å². The Hall–Kier alpha value is -3.19. The molecule has 0 saturated carbocycles. The molecule has 0 aliphatic carbocycles. The first-order valence-corrected chi connectivity index (χ1v) is 12.0. The molecule has 1 N–H and O–H groups in total. The lowest BCUT2D eigenvalue weighted by Crippen LogP contribution is -2.48. The number of nitriles is 1. The summed E-state index contributed by atoms with van der Waals surface area (Å²) in [4.78, 5) is 22.0. The number of hydrogen-bond donors (Lipinski definition) is 1. The molecule has 0 bridgehead atoms. The molecule has 2 aliphatic rings. The maximum absolute atomic E-state index is 13.0. The number of hydrazine groups is 2. The summed E-state index contributed by atoms with van der Waals surface area (Å²) in [5, 5.41) is 13.1. The van der Waals surface area contributed by atoms with Gasteiger partial charge in [0.25, 0.3) is 5.91 Å². The van der Waals surface area contributed by atoms with Gasteiger partial charge in [0, 0.05) is 58.4 Å². The zero-order valence-corrected chi connectivity index (χ0v) is 19.8. The topological polar surface area (TPSA) is 88.0 Å². The third kappa shape index (κ3) is 5.83. The van der Waals surface area contributed by atoms with Gasteiger partial charge in [0.15, 0.2) is 0 Å². The molecule has 1 aromatic carbocycles. The maximum Gasteiger partial charge on any atom is 0.256 e. The van der Waals surface area contributed by atoms with Gasteiger partial charge in [-0.05, 0) is 30.7 Å². The molecule has 180 valence electrons. The van der Waals surface area contributed by atoms with Crippen molar-refractivity contribution in [3.8, 4) is 11.8 Å². The van der Waals surface area contributed by atoms with Crippen LogP contribution in [0.5, 0.6) is 5.75 Å². The molecule has 0 spiro atoms. The summed E-state index contributed by atoms with van der Waals surface area (Å²) < 4.78 is 5.80. The van der Waals surface area contributed by atoms with Gasteiger partial charge in [0.1, 0.15) is 23.7 Å². The molecule has 4 rings (SSSR count). The number of carbonyl (C=O) groups excluding carboxylic acids is 1. The van der Waals surface area contributed by atoms with Gasteiger partial charge >= 0.3 is 0 Å². The monoisotopic (exact) mass is 463 g/mol. The Morgan fingerprint density at radius 2 is 1.91 bits per heavy atom. The lowest BCUT2D eigenvalue weighted by Gasteiger charge is -2.35. The number of para-hydroxylation sites is 1. The van der Waals surface area contributed by atoms with Gasteiger partial charge in [-0.15, -0.1) is 0 Å². The Bertz CT molecular complexity index is 973. The molecule has 9 nitrogen and oxygen atoms in total. The Labute approximate surface area is 201 Å². The fourth-order valence-corrected chi connectivity index (χ4v) is 4.49. The van der Waals surface area contributed by atoms with Crippen molar-refractivity contribution in [2.24, 2.45) is 0 Å². The van der Waals surface area contributed by atoms with E-state index >= 15 is 0 Å². The highest BCUT2D eigenvalue weighted by Crippen LogP contribution is 2.19. The Balaban J connectivity index is 1.19. The van der Waals surface area contributed by atoms with Crippen molar-refractivity contribution in [1.29, 1.82) is 5.26 Å². The van der Waals surface area contributed by atoms with E-state index in [1.165, 1.54) is 0 Å². The molecule has 2 saturated heterocycles. The SMILES string of the molecule is CCN1NN(CCCN2CCN(c3ncccc3C#N)CC2)C(=O)C1CCOc1ccccc1. The second-order valence-electron chi connectivity index (χ2n) is 8.51. The van der Waals surface area contributed by atoms with E-state index in [-0.39, 0.29) is 11.9 Å². The molecule has 2 fully saturated rings. The first-order chi connectivity index (χ1) is 16.7. The predicted molar refractivity (Wildman–Crippen MR) is 130 cm³/mol. The fourth-order valence-electron chi connectivity index (χ4n) is 4.49. The zero-order chi connectivity index (χ0) is 23.8. The number of nitrogens with one attached hydrogen (secondary N) is 1. The van der Waals surface area contributed by atoms with Crippen LogP contribution in [0.15, 0.2) is 48.7 Å². The van der Waals surface area contributed by atoms with Crippen molar-refractivity contribution in [2.45, 2.75) is 25.8 Å². The second kappa shape index (κ2) is 11.8. The molecule has 0 radical (unpaired) electrons. The molecule has 1 aromatic heterocycles. The van der Waals surface area contributed by atoms with Gasteiger partial charge < -0.3 is 9.64 Å². The van der Waals surface area contributed by atoms with Crippen LogP contribution >= 0.6 is 0 Å². The van der Waals surface area contributed by atoms with Crippen LogP contribution in [0.4, 0.5) is 5.82 Å². The van der Waals surface area contributed by atoms with Crippen LogP contribution in [0.2, 0.25) is 0 Å². The third-order valence-electron chi connectivity index (χ3n) is 6.36. The van der Waals surface area contributed by atoms with Crippen LogP contribution in [0.1, 0.15) is 25.3 Å². The second-order valence-corrected chi connectivity index (χ2v) is 8.51. The van der Waals surface area contributed by atoms with Crippen LogP contribution in [-0.4, -0.2) is 84.3 Å². The van der Waals surface area contributed by atoms with E-state index in [1.807, 2.05) is 48.3 Å². The first-order valence-electron chi connectivity index (χ1n) is 12.0. The highest BCUT2D eigenvalue weighted by atomic mass is 16.5. The van der Waals surface area contributed by atoms with Crippen molar-refractivity contribution in [2.75, 3.05) is 57.3 Å². The van der Waals surface area contributed by atoms with E-state index < -0.39 is 0 Å². The molecule has 1 amide bonds. The van der Waals surface area contributed by atoms with E-state index in [2.05, 4.69) is 26.4 Å². The minimum Gasteiger partial charge on any atom is -0.494 e. The number of carbonyl (C=O) groups is 1. The Morgan fingerprint density at radius 3 is 2.65 bits per heavy atom. The number of ether oxygens (including phenoxy) is 1. The number of anilines is 1. The van der Waals surface area contributed by atoms with Gasteiger partial charge in [0.2, 0.25) is 0 Å². The summed E-state index contributed by atoms with van der Waals surface area (Å²) in [5.41, 5.74) is 3.89. The molecule has 1 unspecified atom stereocenters. The van der Waals surface area contributed by atoms with E-state index in [9.17, 15) is 10.1 Å². The highest BCUT2D eigenvalue weighted by molar-refractivity contribution is 5.82. The van der Waals surface area contributed by atoms with Gasteiger partial charge in [-0.2, -0.15) is 10.8 Å². The van der Waals surface area contributed by atoms with Crippen LogP contribution in [0, 0.1) is 11.3 Å². The molecule has 2 aliphatic heterocycles. The summed E-state index contributed by atoms with van der Waals surface area (Å²) in [6.07, 6.45) is 3.28. The zero-order valence-electron chi connectivity index (χ0n) is 19.8. The van der Waals surface area contributed by atoms with E-state index in [1.54, 1.807) is 17.3 Å². The maximum atomic E-state index is 13.0. The van der Waals surface area contributed by atoms with Crippen molar-refractivity contribution >= 4 is 11.7 Å². The van der Waals surface area contributed by atoms with E-state index in [0.717, 1.165) is 57.3 Å². The standard InChI is InChI=1S/C25H33N7O2/c1-2-31-23(11-19-34-22-9-4-3-5-10-22)25(33)32(28-31)14-7-13-29-15-17-30(18-16-29)24-21(20-26)8-6-12-27-24/h3-6,8-10,12,23,28H,2,7,11,13-19H2,1H3. The molecule has 3 heterocycles. The molecule has 1 atom stereocenters. The lowest BCUT2D eigenvalue weighted by molar-refractivity contribution is -0.130. The lowest BCUT2D eigenvalue weighted by atomic mass is 10.2. The predicted octanol–water partition coefficient (Wildman–Crippen LogP) is 1.89. The quantitative estimate of drug-likeness (QED) is 0.572. The van der Waals surface area contributed by atoms with Gasteiger partial charge in [-0.3, -0.25) is 14.7 Å². The number of hydrogen-bond acceptors (Lipinski definition) is 8. The number of pyridine rings is 1. The molecular formula is C25H33N7O2. The fraction of sp³-hybridized carbons (Fsp3) is 0.480. The largest absolute Gasteiger partial charge is 0.494 e. The van der Waals surface area contributed by atoms with Gasteiger partial charge in [-0.25, -0.2) is 9.99 Å². The normalized spacial score (nSPS) is 19.4. The number of nitrogens with zero attached hydrogens (tertiary/aromatic N) is 6. The number of piperazine rings is 1. The summed E-state index contributed by atoms with van der Waals surface area (Å²) in [5.74, 6) is 1.72. The summed E-state index contributed by atoms with van der Waals surface area (Å²) in [6.45, 7) is 8.43.